The highest BCUT2D eigenvalue weighted by Gasteiger charge is 2.21. The van der Waals surface area contributed by atoms with Crippen LogP contribution in [0.25, 0.3) is 6.08 Å². The van der Waals surface area contributed by atoms with E-state index in [-0.39, 0.29) is 12.6 Å². The lowest BCUT2D eigenvalue weighted by atomic mass is 10.1. The molecule has 0 spiro atoms. The SMILES string of the molecule is CCCCC=Cc1ccc(OC2CCCCO2)c(OC2CCCCO2)c1. The second kappa shape index (κ2) is 10.6. The summed E-state index contributed by atoms with van der Waals surface area (Å²) in [5.41, 5.74) is 1.13. The molecule has 1 aromatic rings. The van der Waals surface area contributed by atoms with Crippen LogP contribution in [0.15, 0.2) is 24.3 Å². The average Bonchev–Trinajstić information content (AvgIpc) is 2.69. The number of benzene rings is 1. The third-order valence-corrected chi connectivity index (χ3v) is 4.80. The van der Waals surface area contributed by atoms with Crippen molar-refractivity contribution in [2.45, 2.75) is 77.3 Å². The highest BCUT2D eigenvalue weighted by molar-refractivity contribution is 5.56. The van der Waals surface area contributed by atoms with Gasteiger partial charge in [0, 0.05) is 12.8 Å². The largest absolute Gasteiger partial charge is 0.461 e. The zero-order valence-electron chi connectivity index (χ0n) is 16.0. The number of unbranched alkanes of at least 4 members (excludes halogenated alkanes) is 2. The first kappa shape index (κ1) is 19.2. The molecule has 2 heterocycles. The molecular formula is C22H32O4. The maximum Gasteiger partial charge on any atom is 0.200 e. The Labute approximate surface area is 157 Å². The Kier molecular flexibility index (Phi) is 7.84. The van der Waals surface area contributed by atoms with Gasteiger partial charge in [0.1, 0.15) is 0 Å². The first-order chi connectivity index (χ1) is 12.8. The van der Waals surface area contributed by atoms with Crippen LogP contribution in [-0.4, -0.2) is 25.8 Å². The molecule has 2 unspecified atom stereocenters. The zero-order valence-corrected chi connectivity index (χ0v) is 16.0. The lowest BCUT2D eigenvalue weighted by molar-refractivity contribution is -0.119. The molecule has 1 aromatic carbocycles. The fourth-order valence-corrected chi connectivity index (χ4v) is 3.25. The van der Waals surface area contributed by atoms with Crippen LogP contribution in [0.1, 0.15) is 70.3 Å². The second-order valence-electron chi connectivity index (χ2n) is 7.08. The summed E-state index contributed by atoms with van der Waals surface area (Å²) in [6.45, 7) is 3.75. The topological polar surface area (TPSA) is 36.9 Å². The third-order valence-electron chi connectivity index (χ3n) is 4.80. The van der Waals surface area contributed by atoms with Crippen molar-refractivity contribution in [2.75, 3.05) is 13.2 Å². The van der Waals surface area contributed by atoms with Crippen molar-refractivity contribution < 1.29 is 18.9 Å². The summed E-state index contributed by atoms with van der Waals surface area (Å²) in [5.74, 6) is 1.50. The van der Waals surface area contributed by atoms with Crippen LogP contribution in [0.2, 0.25) is 0 Å². The van der Waals surface area contributed by atoms with Gasteiger partial charge < -0.3 is 18.9 Å². The quantitative estimate of drug-likeness (QED) is 0.557. The predicted octanol–water partition coefficient (Wildman–Crippen LogP) is 5.70. The maximum atomic E-state index is 6.16. The van der Waals surface area contributed by atoms with Gasteiger partial charge in [-0.05, 0) is 49.8 Å². The van der Waals surface area contributed by atoms with Crippen LogP contribution in [0.4, 0.5) is 0 Å². The Balaban J connectivity index is 1.71. The molecule has 0 aliphatic carbocycles. The van der Waals surface area contributed by atoms with E-state index in [9.17, 15) is 0 Å². The molecule has 0 bridgehead atoms. The predicted molar refractivity (Wildman–Crippen MR) is 103 cm³/mol. The minimum Gasteiger partial charge on any atom is -0.461 e. The molecule has 2 saturated heterocycles. The molecule has 3 rings (SSSR count). The third kappa shape index (κ3) is 6.03. The molecule has 4 heteroatoms. The van der Waals surface area contributed by atoms with Crippen LogP contribution < -0.4 is 9.47 Å². The van der Waals surface area contributed by atoms with Crippen molar-refractivity contribution in [3.8, 4) is 11.5 Å². The van der Waals surface area contributed by atoms with Crippen molar-refractivity contribution in [1.29, 1.82) is 0 Å². The molecular weight excluding hydrogens is 328 g/mol. The van der Waals surface area contributed by atoms with Gasteiger partial charge in [0.25, 0.3) is 0 Å². The van der Waals surface area contributed by atoms with Crippen molar-refractivity contribution in [2.24, 2.45) is 0 Å². The molecule has 0 N–H and O–H groups in total. The number of hydrogen-bond acceptors (Lipinski definition) is 4. The van der Waals surface area contributed by atoms with Crippen molar-refractivity contribution >= 4 is 6.08 Å². The Morgan fingerprint density at radius 1 is 0.962 bits per heavy atom. The molecule has 2 aliphatic heterocycles. The van der Waals surface area contributed by atoms with Crippen molar-refractivity contribution in [3.63, 3.8) is 0 Å². The van der Waals surface area contributed by atoms with Gasteiger partial charge >= 0.3 is 0 Å². The van der Waals surface area contributed by atoms with E-state index in [2.05, 4.69) is 31.2 Å². The Bertz CT molecular complexity index is 557. The van der Waals surface area contributed by atoms with Gasteiger partial charge in [-0.3, -0.25) is 0 Å². The van der Waals surface area contributed by atoms with E-state index in [1.807, 2.05) is 6.07 Å². The molecule has 144 valence electrons. The number of allylic oxidation sites excluding steroid dienone is 1. The normalized spacial score (nSPS) is 23.9. The van der Waals surface area contributed by atoms with Crippen LogP contribution in [0, 0.1) is 0 Å². The van der Waals surface area contributed by atoms with Crippen molar-refractivity contribution in [1.82, 2.24) is 0 Å². The second-order valence-corrected chi connectivity index (χ2v) is 7.08. The molecule has 2 aliphatic rings. The fraction of sp³-hybridized carbons (Fsp3) is 0.636. The van der Waals surface area contributed by atoms with E-state index in [0.717, 1.165) is 75.2 Å². The zero-order chi connectivity index (χ0) is 18.0. The van der Waals surface area contributed by atoms with E-state index >= 15 is 0 Å². The van der Waals surface area contributed by atoms with E-state index in [1.54, 1.807) is 0 Å². The lowest BCUT2D eigenvalue weighted by Gasteiger charge is -2.27. The van der Waals surface area contributed by atoms with Gasteiger partial charge in [-0.1, -0.05) is 38.0 Å². The van der Waals surface area contributed by atoms with E-state index < -0.39 is 0 Å². The summed E-state index contributed by atoms with van der Waals surface area (Å²) in [7, 11) is 0. The van der Waals surface area contributed by atoms with Crippen LogP contribution in [0.3, 0.4) is 0 Å². The Hall–Kier alpha value is -1.52. The van der Waals surface area contributed by atoms with Crippen LogP contribution in [0.5, 0.6) is 11.5 Å². The van der Waals surface area contributed by atoms with Crippen LogP contribution in [-0.2, 0) is 9.47 Å². The van der Waals surface area contributed by atoms with Crippen molar-refractivity contribution in [3.05, 3.63) is 29.8 Å². The fourth-order valence-electron chi connectivity index (χ4n) is 3.25. The minimum atomic E-state index is -0.183. The van der Waals surface area contributed by atoms with Gasteiger partial charge in [-0.25, -0.2) is 0 Å². The maximum absolute atomic E-state index is 6.16. The van der Waals surface area contributed by atoms with E-state index in [0.29, 0.717) is 0 Å². The van der Waals surface area contributed by atoms with Gasteiger partial charge in [0.2, 0.25) is 0 Å². The molecule has 2 atom stereocenters. The van der Waals surface area contributed by atoms with Gasteiger partial charge in [-0.2, -0.15) is 0 Å². The summed E-state index contributed by atoms with van der Waals surface area (Å²) in [5, 5.41) is 0. The smallest absolute Gasteiger partial charge is 0.200 e. The first-order valence-corrected chi connectivity index (χ1v) is 10.2. The molecule has 0 saturated carbocycles. The number of rotatable bonds is 8. The minimum absolute atomic E-state index is 0.177. The molecule has 0 radical (unpaired) electrons. The standard InChI is InChI=1S/C22H32O4/c1-2-3-4-5-10-18-13-14-19(25-21-11-6-8-15-23-21)20(17-18)26-22-12-7-9-16-24-22/h5,10,13-14,17,21-22H,2-4,6-9,11-12,15-16H2,1H3. The lowest BCUT2D eigenvalue weighted by Crippen LogP contribution is -2.27. The number of ether oxygens (including phenoxy) is 4. The summed E-state index contributed by atoms with van der Waals surface area (Å²) >= 11 is 0. The van der Waals surface area contributed by atoms with Gasteiger partial charge in [-0.15, -0.1) is 0 Å². The van der Waals surface area contributed by atoms with E-state index in [4.69, 9.17) is 18.9 Å². The van der Waals surface area contributed by atoms with Gasteiger partial charge in [0.05, 0.1) is 13.2 Å². The Morgan fingerprint density at radius 3 is 2.27 bits per heavy atom. The number of hydrogen-bond donors (Lipinski definition) is 0. The summed E-state index contributed by atoms with van der Waals surface area (Å²) in [6.07, 6.45) is 13.9. The highest BCUT2D eigenvalue weighted by atomic mass is 16.7. The van der Waals surface area contributed by atoms with Crippen LogP contribution >= 0.6 is 0 Å². The molecule has 0 amide bonds. The average molecular weight is 360 g/mol. The van der Waals surface area contributed by atoms with E-state index in [1.165, 1.54) is 12.8 Å². The molecule has 4 nitrogen and oxygen atoms in total. The molecule has 0 aromatic heterocycles. The summed E-state index contributed by atoms with van der Waals surface area (Å²) in [6, 6.07) is 6.13. The summed E-state index contributed by atoms with van der Waals surface area (Å²) in [4.78, 5) is 0. The summed E-state index contributed by atoms with van der Waals surface area (Å²) < 4.78 is 23.7. The molecule has 2 fully saturated rings. The first-order valence-electron chi connectivity index (χ1n) is 10.2. The highest BCUT2D eigenvalue weighted by Crippen LogP contribution is 2.33. The Morgan fingerprint density at radius 2 is 1.65 bits per heavy atom. The molecule has 26 heavy (non-hydrogen) atoms. The van der Waals surface area contributed by atoms with Gasteiger partial charge in [0.15, 0.2) is 24.1 Å². The monoisotopic (exact) mass is 360 g/mol.